The van der Waals surface area contributed by atoms with Crippen molar-refractivity contribution in [1.82, 2.24) is 9.24 Å². The number of para-hydroxylation sites is 4. The van der Waals surface area contributed by atoms with Crippen LogP contribution in [0.4, 0.5) is 0 Å². The van der Waals surface area contributed by atoms with E-state index < -0.39 is 0 Å². The van der Waals surface area contributed by atoms with Gasteiger partial charge in [-0.3, -0.25) is 14.3 Å². The number of hydrogen-bond acceptors (Lipinski definition) is 1. The number of rotatable bonds is 2. The van der Waals surface area contributed by atoms with Crippen LogP contribution in [0.2, 0.25) is 0 Å². The third-order valence-electron chi connectivity index (χ3n) is 6.53. The summed E-state index contributed by atoms with van der Waals surface area (Å²) in [6, 6.07) is 34.8. The van der Waals surface area contributed by atoms with Crippen molar-refractivity contribution in [3.8, 4) is 0 Å². The summed E-state index contributed by atoms with van der Waals surface area (Å²) >= 11 is 0. The summed E-state index contributed by atoms with van der Waals surface area (Å²) in [5.74, 6) is 1.15. The lowest BCUT2D eigenvalue weighted by Gasteiger charge is -2.32. The molecule has 0 bridgehead atoms. The molecule has 1 aliphatic rings. The van der Waals surface area contributed by atoms with E-state index in [0.717, 1.165) is 12.4 Å². The third kappa shape index (κ3) is 2.31. The van der Waals surface area contributed by atoms with E-state index in [9.17, 15) is 0 Å². The van der Waals surface area contributed by atoms with E-state index in [1.807, 2.05) is 0 Å². The number of nitrogens with zero attached hydrogens (tertiary/aromatic N) is 3. The summed E-state index contributed by atoms with van der Waals surface area (Å²) in [5, 5.41) is 7.50. The SMILES string of the molecule is C1=CCN(n2c3ccccc3c3ccccc32)C(n2c3ccccc3c3ccccc32)=C1. The Kier molecular flexibility index (Phi) is 3.61. The fourth-order valence-electron chi connectivity index (χ4n) is 5.20. The molecule has 0 radical (unpaired) electrons. The van der Waals surface area contributed by atoms with Gasteiger partial charge in [-0.2, -0.15) is 0 Å². The molecule has 0 aliphatic carbocycles. The Morgan fingerprint density at radius 2 is 0.938 bits per heavy atom. The molecule has 0 atom stereocenters. The molecule has 3 heteroatoms. The maximum Gasteiger partial charge on any atom is 0.133 e. The van der Waals surface area contributed by atoms with Crippen molar-refractivity contribution >= 4 is 49.4 Å². The minimum Gasteiger partial charge on any atom is -0.294 e. The van der Waals surface area contributed by atoms with Gasteiger partial charge >= 0.3 is 0 Å². The fourth-order valence-corrected chi connectivity index (χ4v) is 5.20. The first kappa shape index (κ1) is 17.4. The summed E-state index contributed by atoms with van der Waals surface area (Å²) in [4.78, 5) is 0. The van der Waals surface area contributed by atoms with E-state index >= 15 is 0 Å². The second-order valence-corrected chi connectivity index (χ2v) is 8.25. The molecule has 152 valence electrons. The maximum atomic E-state index is 2.40. The van der Waals surface area contributed by atoms with Gasteiger partial charge < -0.3 is 0 Å². The van der Waals surface area contributed by atoms with Gasteiger partial charge in [0.2, 0.25) is 0 Å². The van der Waals surface area contributed by atoms with Crippen LogP contribution in [-0.4, -0.2) is 15.8 Å². The highest BCUT2D eigenvalue weighted by Crippen LogP contribution is 2.35. The number of aromatic nitrogens is 2. The van der Waals surface area contributed by atoms with Crippen LogP contribution in [0.3, 0.4) is 0 Å². The lowest BCUT2D eigenvalue weighted by atomic mass is 10.2. The molecule has 2 aromatic heterocycles. The zero-order valence-electron chi connectivity index (χ0n) is 17.5. The summed E-state index contributed by atoms with van der Waals surface area (Å²) in [6.07, 6.45) is 6.62. The smallest absolute Gasteiger partial charge is 0.133 e. The highest BCUT2D eigenvalue weighted by atomic mass is 15.6. The maximum absolute atomic E-state index is 2.40. The lowest BCUT2D eigenvalue weighted by Crippen LogP contribution is -2.36. The highest BCUT2D eigenvalue weighted by Gasteiger charge is 2.23. The summed E-state index contributed by atoms with van der Waals surface area (Å²) < 4.78 is 4.78. The average Bonchev–Trinajstić information content (AvgIpc) is 3.37. The third-order valence-corrected chi connectivity index (χ3v) is 6.53. The van der Waals surface area contributed by atoms with Gasteiger partial charge in [0.1, 0.15) is 5.82 Å². The minimum atomic E-state index is 0.801. The van der Waals surface area contributed by atoms with Crippen molar-refractivity contribution < 1.29 is 0 Å². The van der Waals surface area contributed by atoms with Crippen LogP contribution in [0, 0.1) is 0 Å². The molecule has 32 heavy (non-hydrogen) atoms. The molecule has 6 aromatic rings. The Hall–Kier alpha value is -4.24. The van der Waals surface area contributed by atoms with Crippen molar-refractivity contribution in [1.29, 1.82) is 0 Å². The summed E-state index contributed by atoms with van der Waals surface area (Å²) in [5.41, 5.74) is 4.88. The molecule has 4 aromatic carbocycles. The molecule has 0 fully saturated rings. The molecule has 0 amide bonds. The molecule has 0 unspecified atom stereocenters. The molecule has 3 heterocycles. The Labute approximate surface area is 185 Å². The van der Waals surface area contributed by atoms with Gasteiger partial charge in [0, 0.05) is 21.5 Å². The van der Waals surface area contributed by atoms with Crippen molar-refractivity contribution in [3.63, 3.8) is 0 Å². The lowest BCUT2D eigenvalue weighted by molar-refractivity contribution is 0.764. The monoisotopic (exact) mass is 411 g/mol. The van der Waals surface area contributed by atoms with E-state index in [4.69, 9.17) is 0 Å². The predicted molar refractivity (Wildman–Crippen MR) is 135 cm³/mol. The van der Waals surface area contributed by atoms with Crippen LogP contribution in [0.1, 0.15) is 0 Å². The Morgan fingerprint density at radius 1 is 0.500 bits per heavy atom. The molecule has 0 saturated carbocycles. The standard InChI is InChI=1S/C29H21N3/c1-5-15-25-21(11-1)22-12-2-6-16-26(22)31(25)29-19-9-10-20-30(29)32-27-17-7-3-13-23(27)24-14-4-8-18-28(24)32/h1-19H,20H2. The number of fused-ring (bicyclic) bond motifs is 6. The molecule has 1 aliphatic heterocycles. The largest absolute Gasteiger partial charge is 0.294 e. The molecule has 3 nitrogen and oxygen atoms in total. The van der Waals surface area contributed by atoms with Gasteiger partial charge in [0.15, 0.2) is 0 Å². The van der Waals surface area contributed by atoms with Crippen LogP contribution in [0.5, 0.6) is 0 Å². The van der Waals surface area contributed by atoms with E-state index in [-0.39, 0.29) is 0 Å². The predicted octanol–water partition coefficient (Wildman–Crippen LogP) is 6.91. The van der Waals surface area contributed by atoms with Crippen LogP contribution >= 0.6 is 0 Å². The second kappa shape index (κ2) is 6.63. The first-order valence-corrected chi connectivity index (χ1v) is 11.0. The number of hydrogen-bond donors (Lipinski definition) is 0. The Balaban J connectivity index is 1.57. The Morgan fingerprint density at radius 3 is 1.47 bits per heavy atom. The number of benzene rings is 4. The summed E-state index contributed by atoms with van der Waals surface area (Å²) in [6.45, 7) is 0.801. The Bertz CT molecular complexity index is 1600. The van der Waals surface area contributed by atoms with Crippen molar-refractivity contribution in [2.24, 2.45) is 0 Å². The molecular weight excluding hydrogens is 390 g/mol. The topological polar surface area (TPSA) is 13.1 Å². The van der Waals surface area contributed by atoms with Gasteiger partial charge in [-0.05, 0) is 30.3 Å². The van der Waals surface area contributed by atoms with Crippen LogP contribution in [0.25, 0.3) is 49.4 Å². The van der Waals surface area contributed by atoms with Crippen molar-refractivity contribution in [2.75, 3.05) is 11.6 Å². The molecular formula is C29H21N3. The second-order valence-electron chi connectivity index (χ2n) is 8.25. The first-order valence-electron chi connectivity index (χ1n) is 11.0. The molecule has 7 rings (SSSR count). The molecule has 0 spiro atoms. The van der Waals surface area contributed by atoms with Gasteiger partial charge in [-0.15, -0.1) is 0 Å². The first-order chi connectivity index (χ1) is 15.9. The van der Waals surface area contributed by atoms with E-state index in [0.29, 0.717) is 0 Å². The minimum absolute atomic E-state index is 0.801. The zero-order chi connectivity index (χ0) is 21.1. The number of allylic oxidation sites excluding steroid dienone is 2. The quantitative estimate of drug-likeness (QED) is 0.302. The van der Waals surface area contributed by atoms with Gasteiger partial charge in [-0.25, -0.2) is 0 Å². The average molecular weight is 412 g/mol. The van der Waals surface area contributed by atoms with Crippen molar-refractivity contribution in [3.05, 3.63) is 115 Å². The van der Waals surface area contributed by atoms with Crippen molar-refractivity contribution in [2.45, 2.75) is 0 Å². The van der Waals surface area contributed by atoms with E-state index in [2.05, 4.69) is 130 Å². The van der Waals surface area contributed by atoms with Gasteiger partial charge in [-0.1, -0.05) is 84.9 Å². The molecule has 0 saturated heterocycles. The highest BCUT2D eigenvalue weighted by molar-refractivity contribution is 6.11. The fraction of sp³-hybridized carbons (Fsp3) is 0.0345. The van der Waals surface area contributed by atoms with Gasteiger partial charge in [0.05, 0.1) is 28.6 Å². The van der Waals surface area contributed by atoms with Crippen LogP contribution in [0.15, 0.2) is 115 Å². The normalized spacial score (nSPS) is 14.1. The van der Waals surface area contributed by atoms with E-state index in [1.165, 1.54) is 43.6 Å². The van der Waals surface area contributed by atoms with Crippen LogP contribution < -0.4 is 5.01 Å². The van der Waals surface area contributed by atoms with Gasteiger partial charge in [0.25, 0.3) is 0 Å². The zero-order valence-corrected chi connectivity index (χ0v) is 17.5. The molecule has 0 N–H and O–H groups in total. The summed E-state index contributed by atoms with van der Waals surface area (Å²) in [7, 11) is 0. The van der Waals surface area contributed by atoms with E-state index in [1.54, 1.807) is 0 Å². The van der Waals surface area contributed by atoms with Crippen LogP contribution in [-0.2, 0) is 0 Å².